The lowest BCUT2D eigenvalue weighted by Crippen LogP contribution is -2.51. The molecule has 0 aliphatic carbocycles. The molecule has 0 aliphatic rings. The fourth-order valence-electron chi connectivity index (χ4n) is 0.837. The van der Waals surface area contributed by atoms with Gasteiger partial charge in [-0.15, -0.1) is 0 Å². The number of nitrogens with one attached hydrogen (secondary N) is 1. The Bertz CT molecular complexity index is 290. The summed E-state index contributed by atoms with van der Waals surface area (Å²) in [6, 6.07) is 0. The van der Waals surface area contributed by atoms with Crippen molar-refractivity contribution in [2.24, 2.45) is 0 Å². The van der Waals surface area contributed by atoms with Crippen molar-refractivity contribution in [2.45, 2.75) is 38.8 Å². The van der Waals surface area contributed by atoms with Crippen LogP contribution in [0.25, 0.3) is 0 Å². The molecule has 0 saturated carbocycles. The van der Waals surface area contributed by atoms with Crippen LogP contribution in [0.15, 0.2) is 18.6 Å². The largest absolute Gasteiger partial charge is 0.388 e. The van der Waals surface area contributed by atoms with Crippen LogP contribution in [0.5, 0.6) is 0 Å². The standard InChI is InChI=1S/C10H17N3O/c1-9(2,10(3,4)14)13-8-7-11-5-6-12-8/h5-7,14H,1-4H3,(H,12,13). The molecule has 1 heterocycles. The number of aliphatic hydroxyl groups is 1. The molecule has 0 aromatic carbocycles. The van der Waals surface area contributed by atoms with Gasteiger partial charge in [0.25, 0.3) is 0 Å². The molecule has 0 fully saturated rings. The van der Waals surface area contributed by atoms with Gasteiger partial charge in [0, 0.05) is 12.4 Å². The van der Waals surface area contributed by atoms with Gasteiger partial charge in [0.15, 0.2) is 0 Å². The van der Waals surface area contributed by atoms with Crippen LogP contribution in [0.1, 0.15) is 27.7 Å². The Morgan fingerprint density at radius 1 is 1.21 bits per heavy atom. The Balaban J connectivity index is 2.79. The van der Waals surface area contributed by atoms with E-state index in [1.54, 1.807) is 32.4 Å². The third kappa shape index (κ3) is 2.42. The van der Waals surface area contributed by atoms with Gasteiger partial charge >= 0.3 is 0 Å². The summed E-state index contributed by atoms with van der Waals surface area (Å²) in [7, 11) is 0. The highest BCUT2D eigenvalue weighted by atomic mass is 16.3. The summed E-state index contributed by atoms with van der Waals surface area (Å²) < 4.78 is 0. The van der Waals surface area contributed by atoms with E-state index in [4.69, 9.17) is 0 Å². The molecule has 0 aliphatic heterocycles. The Morgan fingerprint density at radius 2 is 1.86 bits per heavy atom. The predicted octanol–water partition coefficient (Wildman–Crippen LogP) is 1.44. The second kappa shape index (κ2) is 3.53. The summed E-state index contributed by atoms with van der Waals surface area (Å²) in [5.41, 5.74) is -1.28. The molecule has 14 heavy (non-hydrogen) atoms. The van der Waals surface area contributed by atoms with Crippen LogP contribution in [0.3, 0.4) is 0 Å². The van der Waals surface area contributed by atoms with E-state index in [1.807, 2.05) is 13.8 Å². The normalized spacial score (nSPS) is 12.6. The second-order valence-electron chi connectivity index (χ2n) is 4.40. The summed E-state index contributed by atoms with van der Waals surface area (Å²) in [5.74, 6) is 0.666. The first kappa shape index (κ1) is 10.9. The third-order valence-electron chi connectivity index (χ3n) is 2.53. The molecule has 0 saturated heterocycles. The zero-order valence-electron chi connectivity index (χ0n) is 9.07. The van der Waals surface area contributed by atoms with E-state index in [1.165, 1.54) is 0 Å². The molecule has 1 aromatic rings. The van der Waals surface area contributed by atoms with Crippen LogP contribution in [0.4, 0.5) is 5.82 Å². The highest BCUT2D eigenvalue weighted by Gasteiger charge is 2.35. The minimum Gasteiger partial charge on any atom is -0.388 e. The molecule has 4 heteroatoms. The zero-order chi connectivity index (χ0) is 10.8. The Morgan fingerprint density at radius 3 is 2.29 bits per heavy atom. The van der Waals surface area contributed by atoms with Crippen LogP contribution in [0, 0.1) is 0 Å². The van der Waals surface area contributed by atoms with Gasteiger partial charge in [-0.2, -0.15) is 0 Å². The summed E-state index contributed by atoms with van der Waals surface area (Å²) in [6.07, 6.45) is 4.86. The molecule has 4 nitrogen and oxygen atoms in total. The van der Waals surface area contributed by atoms with E-state index in [-0.39, 0.29) is 0 Å². The SMILES string of the molecule is CC(C)(O)C(C)(C)Nc1cnccn1. The van der Waals surface area contributed by atoms with Crippen molar-refractivity contribution in [3.63, 3.8) is 0 Å². The number of hydrogen-bond donors (Lipinski definition) is 2. The van der Waals surface area contributed by atoms with E-state index < -0.39 is 11.1 Å². The number of nitrogens with zero attached hydrogens (tertiary/aromatic N) is 2. The second-order valence-corrected chi connectivity index (χ2v) is 4.40. The maximum absolute atomic E-state index is 9.90. The molecule has 2 N–H and O–H groups in total. The summed E-state index contributed by atoms with van der Waals surface area (Å²) in [6.45, 7) is 7.36. The Kier molecular flexibility index (Phi) is 2.76. The number of hydrogen-bond acceptors (Lipinski definition) is 4. The molecule has 0 bridgehead atoms. The lowest BCUT2D eigenvalue weighted by Gasteiger charge is -2.38. The first-order chi connectivity index (χ1) is 6.33. The Hall–Kier alpha value is -1.16. The van der Waals surface area contributed by atoms with Crippen molar-refractivity contribution >= 4 is 5.82 Å². The van der Waals surface area contributed by atoms with Crippen molar-refractivity contribution in [3.05, 3.63) is 18.6 Å². The molecule has 1 rings (SSSR count). The van der Waals surface area contributed by atoms with Gasteiger partial charge in [0.2, 0.25) is 0 Å². The van der Waals surface area contributed by atoms with Gasteiger partial charge in [-0.25, -0.2) is 4.98 Å². The average Bonchev–Trinajstić information content (AvgIpc) is 2.03. The van der Waals surface area contributed by atoms with Crippen molar-refractivity contribution < 1.29 is 5.11 Å². The van der Waals surface area contributed by atoms with Crippen LogP contribution < -0.4 is 5.32 Å². The van der Waals surface area contributed by atoms with Gasteiger partial charge < -0.3 is 10.4 Å². The highest BCUT2D eigenvalue weighted by molar-refractivity contribution is 5.35. The maximum atomic E-state index is 9.90. The number of rotatable bonds is 3. The number of aromatic nitrogens is 2. The van der Waals surface area contributed by atoms with Crippen molar-refractivity contribution in [1.82, 2.24) is 9.97 Å². The van der Waals surface area contributed by atoms with Crippen molar-refractivity contribution in [3.8, 4) is 0 Å². The molecule has 0 radical (unpaired) electrons. The molecule has 0 unspecified atom stereocenters. The van der Waals surface area contributed by atoms with Gasteiger partial charge in [0.1, 0.15) is 5.82 Å². The molecule has 0 spiro atoms. The lowest BCUT2D eigenvalue weighted by atomic mass is 9.86. The van der Waals surface area contributed by atoms with Crippen LogP contribution in [-0.2, 0) is 0 Å². The topological polar surface area (TPSA) is 58.0 Å². The highest BCUT2D eigenvalue weighted by Crippen LogP contribution is 2.24. The van der Waals surface area contributed by atoms with E-state index in [9.17, 15) is 5.11 Å². The fraction of sp³-hybridized carbons (Fsp3) is 0.600. The minimum absolute atomic E-state index is 0.455. The summed E-state index contributed by atoms with van der Waals surface area (Å²) in [5, 5.41) is 13.0. The molecule has 0 amide bonds. The van der Waals surface area contributed by atoms with Crippen LogP contribution in [-0.4, -0.2) is 26.2 Å². The maximum Gasteiger partial charge on any atom is 0.144 e. The van der Waals surface area contributed by atoms with E-state index >= 15 is 0 Å². The monoisotopic (exact) mass is 195 g/mol. The van der Waals surface area contributed by atoms with Gasteiger partial charge in [-0.3, -0.25) is 4.98 Å². The average molecular weight is 195 g/mol. The smallest absolute Gasteiger partial charge is 0.144 e. The molecule has 0 atom stereocenters. The van der Waals surface area contributed by atoms with Crippen molar-refractivity contribution in [2.75, 3.05) is 5.32 Å². The van der Waals surface area contributed by atoms with Crippen LogP contribution in [0.2, 0.25) is 0 Å². The minimum atomic E-state index is -0.829. The Labute approximate surface area is 84.4 Å². The molecule has 1 aromatic heterocycles. The van der Waals surface area contributed by atoms with Gasteiger partial charge in [0.05, 0.1) is 17.3 Å². The predicted molar refractivity (Wildman–Crippen MR) is 56.0 cm³/mol. The van der Waals surface area contributed by atoms with E-state index in [0.717, 1.165) is 0 Å². The lowest BCUT2D eigenvalue weighted by molar-refractivity contribution is 0.0238. The number of anilines is 1. The quantitative estimate of drug-likeness (QED) is 0.766. The molecule has 78 valence electrons. The summed E-state index contributed by atoms with van der Waals surface area (Å²) >= 11 is 0. The van der Waals surface area contributed by atoms with E-state index in [2.05, 4.69) is 15.3 Å². The van der Waals surface area contributed by atoms with Gasteiger partial charge in [-0.05, 0) is 27.7 Å². The first-order valence-corrected chi connectivity index (χ1v) is 4.59. The van der Waals surface area contributed by atoms with Crippen LogP contribution >= 0.6 is 0 Å². The fourth-order valence-corrected chi connectivity index (χ4v) is 0.837. The molecular formula is C10H17N3O. The zero-order valence-corrected chi connectivity index (χ0v) is 9.07. The third-order valence-corrected chi connectivity index (χ3v) is 2.53. The summed E-state index contributed by atoms with van der Waals surface area (Å²) in [4.78, 5) is 8.04. The van der Waals surface area contributed by atoms with Gasteiger partial charge in [-0.1, -0.05) is 0 Å². The first-order valence-electron chi connectivity index (χ1n) is 4.59. The van der Waals surface area contributed by atoms with Crippen molar-refractivity contribution in [1.29, 1.82) is 0 Å². The molecular weight excluding hydrogens is 178 g/mol. The van der Waals surface area contributed by atoms with E-state index in [0.29, 0.717) is 5.82 Å².